The molecule has 0 aromatic carbocycles. The third kappa shape index (κ3) is 4.51. The van der Waals surface area contributed by atoms with Crippen LogP contribution in [0.2, 0.25) is 0 Å². The van der Waals surface area contributed by atoms with Crippen molar-refractivity contribution < 1.29 is 23.1 Å². The van der Waals surface area contributed by atoms with E-state index in [4.69, 9.17) is 10.8 Å². The number of carboxylic acids is 1. The summed E-state index contributed by atoms with van der Waals surface area (Å²) in [6.07, 6.45) is -3.29. The number of rotatable bonds is 4. The number of alkyl halides is 3. The van der Waals surface area contributed by atoms with E-state index in [9.17, 15) is 18.0 Å². The minimum atomic E-state index is -4.25. The Morgan fingerprint density at radius 3 is 2.59 bits per heavy atom. The van der Waals surface area contributed by atoms with Crippen LogP contribution in [-0.4, -0.2) is 48.3 Å². The third-order valence-electron chi connectivity index (χ3n) is 3.10. The highest BCUT2D eigenvalue weighted by Crippen LogP contribution is 2.33. The lowest BCUT2D eigenvalue weighted by molar-refractivity contribution is -0.154. The van der Waals surface area contributed by atoms with Crippen LogP contribution in [0, 0.1) is 5.41 Å². The standard InChI is InChI=1S/C10H17F3N2O2/c11-10(12,13)7-15-3-1-2-9(5-14,6-15)4-8(16)17/h1-7,14H2,(H,16,17). The predicted octanol–water partition coefficient (Wildman–Crippen LogP) is 1.06. The molecule has 1 aliphatic heterocycles. The molecule has 4 nitrogen and oxygen atoms in total. The summed E-state index contributed by atoms with van der Waals surface area (Å²) >= 11 is 0. The molecule has 0 amide bonds. The summed E-state index contributed by atoms with van der Waals surface area (Å²) in [5.74, 6) is -1.01. The molecule has 0 saturated carbocycles. The minimum absolute atomic E-state index is 0.105. The average Bonchev–Trinajstić information content (AvgIpc) is 2.14. The van der Waals surface area contributed by atoms with Crippen molar-refractivity contribution >= 4 is 5.97 Å². The summed E-state index contributed by atoms with van der Waals surface area (Å²) in [5.41, 5.74) is 4.83. The van der Waals surface area contributed by atoms with Crippen molar-refractivity contribution in [3.63, 3.8) is 0 Å². The predicted molar refractivity (Wildman–Crippen MR) is 55.5 cm³/mol. The number of hydrogen-bond donors (Lipinski definition) is 2. The Morgan fingerprint density at radius 2 is 2.12 bits per heavy atom. The van der Waals surface area contributed by atoms with Gasteiger partial charge in [0.2, 0.25) is 0 Å². The summed E-state index contributed by atoms with van der Waals surface area (Å²) < 4.78 is 36.8. The van der Waals surface area contributed by atoms with E-state index >= 15 is 0 Å². The summed E-state index contributed by atoms with van der Waals surface area (Å²) in [6, 6.07) is 0. The lowest BCUT2D eigenvalue weighted by atomic mass is 9.77. The second-order valence-electron chi connectivity index (χ2n) is 4.70. The zero-order chi connectivity index (χ0) is 13.1. The highest BCUT2D eigenvalue weighted by molar-refractivity contribution is 5.67. The SMILES string of the molecule is NCC1(CC(=O)O)CCCN(CC(F)(F)F)C1. The molecule has 0 aliphatic carbocycles. The summed E-state index contributed by atoms with van der Waals surface area (Å²) in [7, 11) is 0. The maximum absolute atomic E-state index is 12.3. The number of carbonyl (C=O) groups is 1. The van der Waals surface area contributed by atoms with Gasteiger partial charge in [-0.15, -0.1) is 0 Å². The molecule has 17 heavy (non-hydrogen) atoms. The number of hydrogen-bond acceptors (Lipinski definition) is 3. The van der Waals surface area contributed by atoms with Crippen LogP contribution in [0.4, 0.5) is 13.2 Å². The number of nitrogens with zero attached hydrogens (tertiary/aromatic N) is 1. The van der Waals surface area contributed by atoms with Crippen molar-refractivity contribution in [2.24, 2.45) is 11.1 Å². The summed E-state index contributed by atoms with van der Waals surface area (Å²) in [4.78, 5) is 12.0. The fraction of sp³-hybridized carbons (Fsp3) is 0.900. The van der Waals surface area contributed by atoms with Gasteiger partial charge in [-0.2, -0.15) is 13.2 Å². The second kappa shape index (κ2) is 5.22. The van der Waals surface area contributed by atoms with Gasteiger partial charge in [-0.1, -0.05) is 0 Å². The number of nitrogens with two attached hydrogens (primary N) is 1. The van der Waals surface area contributed by atoms with Crippen LogP contribution in [0.3, 0.4) is 0 Å². The van der Waals surface area contributed by atoms with Crippen molar-refractivity contribution in [1.82, 2.24) is 4.90 Å². The largest absolute Gasteiger partial charge is 0.481 e. The molecule has 0 radical (unpaired) electrons. The van der Waals surface area contributed by atoms with Crippen molar-refractivity contribution in [1.29, 1.82) is 0 Å². The second-order valence-corrected chi connectivity index (χ2v) is 4.70. The monoisotopic (exact) mass is 254 g/mol. The molecule has 1 fully saturated rings. The van der Waals surface area contributed by atoms with E-state index in [-0.39, 0.29) is 19.5 Å². The highest BCUT2D eigenvalue weighted by atomic mass is 19.4. The first-order valence-corrected chi connectivity index (χ1v) is 5.47. The third-order valence-corrected chi connectivity index (χ3v) is 3.10. The van der Waals surface area contributed by atoms with Gasteiger partial charge in [0.05, 0.1) is 13.0 Å². The Hall–Kier alpha value is -0.820. The molecule has 1 saturated heterocycles. The molecule has 7 heteroatoms. The van der Waals surface area contributed by atoms with Crippen molar-refractivity contribution in [2.45, 2.75) is 25.4 Å². The van der Waals surface area contributed by atoms with E-state index in [1.54, 1.807) is 0 Å². The van der Waals surface area contributed by atoms with Gasteiger partial charge in [-0.25, -0.2) is 0 Å². The van der Waals surface area contributed by atoms with Gasteiger partial charge in [0, 0.05) is 12.0 Å². The van der Waals surface area contributed by atoms with Crippen LogP contribution in [0.5, 0.6) is 0 Å². The first kappa shape index (κ1) is 14.2. The summed E-state index contributed by atoms with van der Waals surface area (Å²) in [5, 5.41) is 8.78. The van der Waals surface area contributed by atoms with Crippen molar-refractivity contribution in [2.75, 3.05) is 26.2 Å². The Morgan fingerprint density at radius 1 is 1.47 bits per heavy atom. The maximum atomic E-state index is 12.3. The smallest absolute Gasteiger partial charge is 0.401 e. The van der Waals surface area contributed by atoms with Gasteiger partial charge in [0.25, 0.3) is 0 Å². The Bertz CT molecular complexity index is 283. The molecule has 1 heterocycles. The number of likely N-dealkylation sites (tertiary alicyclic amines) is 1. The fourth-order valence-corrected chi connectivity index (χ4v) is 2.40. The van der Waals surface area contributed by atoms with Gasteiger partial charge >= 0.3 is 12.1 Å². The highest BCUT2D eigenvalue weighted by Gasteiger charge is 2.40. The Kier molecular flexibility index (Phi) is 4.37. The van der Waals surface area contributed by atoms with E-state index in [1.165, 1.54) is 4.90 Å². The van der Waals surface area contributed by atoms with Gasteiger partial charge < -0.3 is 10.8 Å². The quantitative estimate of drug-likeness (QED) is 0.787. The average molecular weight is 254 g/mol. The number of carboxylic acid groups (broad SMARTS) is 1. The van der Waals surface area contributed by atoms with E-state index < -0.39 is 24.1 Å². The molecule has 1 unspecified atom stereocenters. The molecule has 1 aliphatic rings. The van der Waals surface area contributed by atoms with E-state index in [2.05, 4.69) is 0 Å². The molecule has 0 bridgehead atoms. The minimum Gasteiger partial charge on any atom is -0.481 e. The first-order valence-electron chi connectivity index (χ1n) is 5.47. The normalized spacial score (nSPS) is 27.1. The van der Waals surface area contributed by atoms with E-state index in [1.807, 2.05) is 0 Å². The van der Waals surface area contributed by atoms with Gasteiger partial charge in [0.1, 0.15) is 0 Å². The van der Waals surface area contributed by atoms with Gasteiger partial charge in [-0.3, -0.25) is 9.69 Å². The number of halogens is 3. The molecule has 0 spiro atoms. The Labute approximate surface area is 97.6 Å². The van der Waals surface area contributed by atoms with Gasteiger partial charge in [-0.05, 0) is 25.9 Å². The number of aliphatic carboxylic acids is 1. The molecular formula is C10H17F3N2O2. The molecular weight excluding hydrogens is 237 g/mol. The van der Waals surface area contributed by atoms with Crippen LogP contribution in [0.25, 0.3) is 0 Å². The van der Waals surface area contributed by atoms with Crippen LogP contribution < -0.4 is 5.73 Å². The number of piperidine rings is 1. The van der Waals surface area contributed by atoms with E-state index in [0.29, 0.717) is 19.4 Å². The fourth-order valence-electron chi connectivity index (χ4n) is 2.40. The Balaban J connectivity index is 2.65. The summed E-state index contributed by atoms with van der Waals surface area (Å²) in [6.45, 7) is -0.432. The molecule has 3 N–H and O–H groups in total. The van der Waals surface area contributed by atoms with Crippen LogP contribution in [-0.2, 0) is 4.79 Å². The topological polar surface area (TPSA) is 66.6 Å². The molecule has 1 rings (SSSR count). The van der Waals surface area contributed by atoms with E-state index in [0.717, 1.165) is 0 Å². The molecule has 1 atom stereocenters. The first-order chi connectivity index (χ1) is 7.76. The van der Waals surface area contributed by atoms with Crippen molar-refractivity contribution in [3.05, 3.63) is 0 Å². The lowest BCUT2D eigenvalue weighted by Gasteiger charge is -2.41. The molecule has 100 valence electrons. The lowest BCUT2D eigenvalue weighted by Crippen LogP contribution is -2.50. The van der Waals surface area contributed by atoms with Crippen LogP contribution in [0.15, 0.2) is 0 Å². The van der Waals surface area contributed by atoms with Crippen LogP contribution in [0.1, 0.15) is 19.3 Å². The molecule has 0 aromatic heterocycles. The molecule has 0 aromatic rings. The van der Waals surface area contributed by atoms with Crippen molar-refractivity contribution in [3.8, 4) is 0 Å². The van der Waals surface area contributed by atoms with Crippen LogP contribution >= 0.6 is 0 Å². The zero-order valence-corrected chi connectivity index (χ0v) is 9.46. The van der Waals surface area contributed by atoms with Gasteiger partial charge in [0.15, 0.2) is 0 Å². The zero-order valence-electron chi connectivity index (χ0n) is 9.46. The maximum Gasteiger partial charge on any atom is 0.401 e.